The predicted molar refractivity (Wildman–Crippen MR) is 106 cm³/mol. The Hall–Kier alpha value is -2.41. The first-order chi connectivity index (χ1) is 13.5. The van der Waals surface area contributed by atoms with E-state index in [1.807, 2.05) is 6.07 Å². The number of amides is 2. The maximum Gasteiger partial charge on any atom is 0.303 e. The lowest BCUT2D eigenvalue weighted by Crippen LogP contribution is -2.46. The Kier molecular flexibility index (Phi) is 12.3. The number of hydrogen-bond acceptors (Lipinski definition) is 4. The third-order valence-corrected chi connectivity index (χ3v) is 4.62. The van der Waals surface area contributed by atoms with Gasteiger partial charge in [-0.05, 0) is 31.2 Å². The molecule has 0 aliphatic carbocycles. The Balaban J connectivity index is 2.05. The Morgan fingerprint density at radius 2 is 1.46 bits per heavy atom. The van der Waals surface area contributed by atoms with Crippen molar-refractivity contribution in [2.75, 3.05) is 0 Å². The molecular weight excluding hydrogens is 360 g/mol. The van der Waals surface area contributed by atoms with Crippen LogP contribution in [0.1, 0.15) is 69.8 Å². The van der Waals surface area contributed by atoms with Crippen molar-refractivity contribution in [2.24, 2.45) is 0 Å². The zero-order valence-corrected chi connectivity index (χ0v) is 16.4. The standard InChI is InChI=1S/C21H32N2O5/c24-19(22-18(21(27)23-28)15-16-20(25)26)14-10-5-3-1-2-4-7-11-17-12-8-6-9-13-17/h6,8-9,12-13,18,28H,1-5,7,10-11,14-16H2,(H,22,24)(H,23,27)(H,25,26)/t18-/m0/s1. The molecule has 4 N–H and O–H groups in total. The number of carboxylic acid groups (broad SMARTS) is 1. The van der Waals surface area contributed by atoms with Gasteiger partial charge in [-0.2, -0.15) is 0 Å². The van der Waals surface area contributed by atoms with Crippen LogP contribution >= 0.6 is 0 Å². The summed E-state index contributed by atoms with van der Waals surface area (Å²) in [5, 5.41) is 19.8. The van der Waals surface area contributed by atoms with E-state index < -0.39 is 17.9 Å². The van der Waals surface area contributed by atoms with Crippen molar-refractivity contribution < 1.29 is 24.7 Å². The second-order valence-electron chi connectivity index (χ2n) is 6.99. The molecule has 0 unspecified atom stereocenters. The average molecular weight is 392 g/mol. The second-order valence-corrected chi connectivity index (χ2v) is 6.99. The highest BCUT2D eigenvalue weighted by molar-refractivity contribution is 5.87. The normalized spacial score (nSPS) is 11.6. The van der Waals surface area contributed by atoms with Crippen LogP contribution in [0, 0.1) is 0 Å². The number of carbonyl (C=O) groups excluding carboxylic acids is 2. The van der Waals surface area contributed by atoms with Crippen LogP contribution in [0.2, 0.25) is 0 Å². The fourth-order valence-corrected chi connectivity index (χ4v) is 3.02. The summed E-state index contributed by atoms with van der Waals surface area (Å²) in [5.41, 5.74) is 2.84. The molecule has 0 aromatic heterocycles. The smallest absolute Gasteiger partial charge is 0.303 e. The summed E-state index contributed by atoms with van der Waals surface area (Å²) < 4.78 is 0. The van der Waals surface area contributed by atoms with E-state index in [2.05, 4.69) is 29.6 Å². The van der Waals surface area contributed by atoms with E-state index in [-0.39, 0.29) is 25.2 Å². The van der Waals surface area contributed by atoms with Crippen molar-refractivity contribution in [3.8, 4) is 0 Å². The Bertz CT molecular complexity index is 592. The van der Waals surface area contributed by atoms with Gasteiger partial charge in [0.05, 0.1) is 0 Å². The molecule has 0 bridgehead atoms. The minimum atomic E-state index is -1.06. The van der Waals surface area contributed by atoms with Crippen LogP contribution in [0.5, 0.6) is 0 Å². The first-order valence-electron chi connectivity index (χ1n) is 10.0. The monoisotopic (exact) mass is 392 g/mol. The van der Waals surface area contributed by atoms with Gasteiger partial charge in [0.25, 0.3) is 5.91 Å². The van der Waals surface area contributed by atoms with Gasteiger partial charge in [-0.1, -0.05) is 62.4 Å². The van der Waals surface area contributed by atoms with Gasteiger partial charge < -0.3 is 10.4 Å². The summed E-state index contributed by atoms with van der Waals surface area (Å²) in [7, 11) is 0. The number of hydrogen-bond donors (Lipinski definition) is 4. The number of carboxylic acids is 1. The van der Waals surface area contributed by atoms with Gasteiger partial charge in [0.15, 0.2) is 0 Å². The quantitative estimate of drug-likeness (QED) is 0.208. The zero-order chi connectivity index (χ0) is 20.6. The molecule has 7 heteroatoms. The van der Waals surface area contributed by atoms with Gasteiger partial charge in [0, 0.05) is 12.8 Å². The summed E-state index contributed by atoms with van der Waals surface area (Å²) in [5.74, 6) is -2.17. The molecule has 0 spiro atoms. The van der Waals surface area contributed by atoms with Crippen LogP contribution in [-0.4, -0.2) is 34.1 Å². The lowest BCUT2D eigenvalue weighted by Gasteiger charge is -2.15. The Morgan fingerprint density at radius 3 is 2.07 bits per heavy atom. The van der Waals surface area contributed by atoms with Gasteiger partial charge in [-0.25, -0.2) is 5.48 Å². The molecule has 0 heterocycles. The van der Waals surface area contributed by atoms with Crippen LogP contribution in [0.4, 0.5) is 0 Å². The molecule has 156 valence electrons. The molecule has 28 heavy (non-hydrogen) atoms. The summed E-state index contributed by atoms with van der Waals surface area (Å²) >= 11 is 0. The van der Waals surface area contributed by atoms with Crippen LogP contribution in [0.15, 0.2) is 30.3 Å². The van der Waals surface area contributed by atoms with Crippen molar-refractivity contribution in [3.05, 3.63) is 35.9 Å². The Labute approximate surface area is 166 Å². The lowest BCUT2D eigenvalue weighted by atomic mass is 10.0. The molecule has 1 rings (SSSR count). The number of aryl methyl sites for hydroxylation is 1. The van der Waals surface area contributed by atoms with E-state index in [9.17, 15) is 14.4 Å². The summed E-state index contributed by atoms with van der Waals surface area (Å²) in [6.45, 7) is 0. The predicted octanol–water partition coefficient (Wildman–Crippen LogP) is 3.20. The minimum Gasteiger partial charge on any atom is -0.481 e. The largest absolute Gasteiger partial charge is 0.481 e. The molecule has 0 saturated heterocycles. The van der Waals surface area contributed by atoms with Gasteiger partial charge in [-0.15, -0.1) is 0 Å². The van der Waals surface area contributed by atoms with Crippen molar-refractivity contribution in [3.63, 3.8) is 0 Å². The number of nitrogens with one attached hydrogen (secondary N) is 2. The van der Waals surface area contributed by atoms with Crippen LogP contribution in [0.25, 0.3) is 0 Å². The van der Waals surface area contributed by atoms with Gasteiger partial charge >= 0.3 is 5.97 Å². The van der Waals surface area contributed by atoms with Crippen molar-refractivity contribution in [1.82, 2.24) is 10.8 Å². The third kappa shape index (κ3) is 11.3. The first-order valence-corrected chi connectivity index (χ1v) is 10.0. The van der Waals surface area contributed by atoms with E-state index in [4.69, 9.17) is 10.3 Å². The van der Waals surface area contributed by atoms with E-state index >= 15 is 0 Å². The lowest BCUT2D eigenvalue weighted by molar-refractivity contribution is -0.139. The van der Waals surface area contributed by atoms with Crippen molar-refractivity contribution in [2.45, 2.75) is 76.7 Å². The van der Waals surface area contributed by atoms with E-state index in [1.54, 1.807) is 0 Å². The summed E-state index contributed by atoms with van der Waals surface area (Å²) in [6.07, 6.45) is 8.55. The number of unbranched alkanes of at least 4 members (excludes halogenated alkanes) is 6. The molecule has 1 aromatic carbocycles. The average Bonchev–Trinajstić information content (AvgIpc) is 2.69. The number of aliphatic carboxylic acids is 1. The molecule has 1 atom stereocenters. The molecule has 7 nitrogen and oxygen atoms in total. The third-order valence-electron chi connectivity index (χ3n) is 4.62. The highest BCUT2D eigenvalue weighted by atomic mass is 16.5. The van der Waals surface area contributed by atoms with Crippen molar-refractivity contribution >= 4 is 17.8 Å². The fraction of sp³-hybridized carbons (Fsp3) is 0.571. The van der Waals surface area contributed by atoms with Crippen LogP contribution in [-0.2, 0) is 20.8 Å². The summed E-state index contributed by atoms with van der Waals surface area (Å²) in [6, 6.07) is 9.44. The maximum absolute atomic E-state index is 11.9. The van der Waals surface area contributed by atoms with Crippen LogP contribution < -0.4 is 10.8 Å². The fourth-order valence-electron chi connectivity index (χ4n) is 3.02. The molecule has 0 saturated carbocycles. The minimum absolute atomic E-state index is 0.0591. The van der Waals surface area contributed by atoms with E-state index in [1.165, 1.54) is 30.3 Å². The Morgan fingerprint density at radius 1 is 0.857 bits per heavy atom. The SMILES string of the molecule is O=C(O)CC[C@H](NC(=O)CCCCCCCCCc1ccccc1)C(=O)NO. The highest BCUT2D eigenvalue weighted by Crippen LogP contribution is 2.11. The molecule has 0 fully saturated rings. The van der Waals surface area contributed by atoms with Gasteiger partial charge in [0.2, 0.25) is 5.91 Å². The van der Waals surface area contributed by atoms with E-state index in [0.29, 0.717) is 0 Å². The maximum atomic E-state index is 11.9. The molecule has 1 aromatic rings. The van der Waals surface area contributed by atoms with E-state index in [0.717, 1.165) is 32.1 Å². The molecule has 0 radical (unpaired) electrons. The number of carbonyl (C=O) groups is 3. The molecule has 0 aliphatic rings. The number of rotatable bonds is 15. The number of benzene rings is 1. The molecule has 2 amide bonds. The zero-order valence-electron chi connectivity index (χ0n) is 16.4. The van der Waals surface area contributed by atoms with Crippen LogP contribution in [0.3, 0.4) is 0 Å². The second kappa shape index (κ2) is 14.6. The van der Waals surface area contributed by atoms with Gasteiger partial charge in [-0.3, -0.25) is 19.6 Å². The van der Waals surface area contributed by atoms with Gasteiger partial charge in [0.1, 0.15) is 6.04 Å². The summed E-state index contributed by atoms with van der Waals surface area (Å²) in [4.78, 5) is 34.0. The number of hydroxylamine groups is 1. The first kappa shape index (κ1) is 23.6. The topological polar surface area (TPSA) is 116 Å². The highest BCUT2D eigenvalue weighted by Gasteiger charge is 2.21. The van der Waals surface area contributed by atoms with Crippen molar-refractivity contribution in [1.29, 1.82) is 0 Å². The molecule has 0 aliphatic heterocycles. The molecular formula is C21H32N2O5.